The van der Waals surface area contributed by atoms with E-state index < -0.39 is 0 Å². The SMILES string of the molecule is CCCCCC/C=C/C(C)=C/c1ccc(C(C)(C)C)cc1. The van der Waals surface area contributed by atoms with Crippen molar-refractivity contribution in [3.05, 3.63) is 53.1 Å². The third-order valence-corrected chi connectivity index (χ3v) is 3.78. The van der Waals surface area contributed by atoms with E-state index in [0.717, 1.165) is 0 Å². The summed E-state index contributed by atoms with van der Waals surface area (Å²) in [5.41, 5.74) is 4.24. The number of allylic oxidation sites excluding steroid dienone is 3. The average molecular weight is 284 g/mol. The normalized spacial score (nSPS) is 13.1. The summed E-state index contributed by atoms with van der Waals surface area (Å²) in [6.45, 7) is 11.2. The van der Waals surface area contributed by atoms with Crippen LogP contribution in [0.1, 0.15) is 77.8 Å². The van der Waals surface area contributed by atoms with Crippen molar-refractivity contribution in [3.8, 4) is 0 Å². The molecule has 0 heteroatoms. The Morgan fingerprint density at radius 3 is 2.24 bits per heavy atom. The molecule has 0 aliphatic rings. The van der Waals surface area contributed by atoms with E-state index in [4.69, 9.17) is 0 Å². The lowest BCUT2D eigenvalue weighted by atomic mass is 9.86. The van der Waals surface area contributed by atoms with E-state index in [0.29, 0.717) is 0 Å². The van der Waals surface area contributed by atoms with Crippen LogP contribution in [0, 0.1) is 0 Å². The minimum Gasteiger partial charge on any atom is -0.0843 e. The molecule has 0 fully saturated rings. The first-order valence-electron chi connectivity index (χ1n) is 8.39. The Balaban J connectivity index is 2.52. The monoisotopic (exact) mass is 284 g/mol. The summed E-state index contributed by atoms with van der Waals surface area (Å²) in [5.74, 6) is 0. The van der Waals surface area contributed by atoms with Gasteiger partial charge in [0.1, 0.15) is 0 Å². The fraction of sp³-hybridized carbons (Fsp3) is 0.524. The molecule has 0 nitrogen and oxygen atoms in total. The van der Waals surface area contributed by atoms with Crippen molar-refractivity contribution < 1.29 is 0 Å². The summed E-state index contributed by atoms with van der Waals surface area (Å²) < 4.78 is 0. The maximum Gasteiger partial charge on any atom is -0.0132 e. The third-order valence-electron chi connectivity index (χ3n) is 3.78. The molecule has 0 unspecified atom stereocenters. The van der Waals surface area contributed by atoms with Crippen LogP contribution in [0.25, 0.3) is 6.08 Å². The van der Waals surface area contributed by atoms with Crippen molar-refractivity contribution in [2.75, 3.05) is 0 Å². The second kappa shape index (κ2) is 8.87. The Bertz CT molecular complexity index is 452. The molecule has 0 atom stereocenters. The van der Waals surface area contributed by atoms with E-state index in [2.05, 4.69) is 77.1 Å². The van der Waals surface area contributed by atoms with E-state index in [1.165, 1.54) is 48.8 Å². The van der Waals surface area contributed by atoms with Crippen molar-refractivity contribution in [2.24, 2.45) is 0 Å². The molecule has 0 saturated carbocycles. The number of rotatable bonds is 7. The summed E-state index contributed by atoms with van der Waals surface area (Å²) in [5, 5.41) is 0. The zero-order chi connectivity index (χ0) is 15.7. The number of hydrogen-bond donors (Lipinski definition) is 0. The first kappa shape index (κ1) is 17.8. The van der Waals surface area contributed by atoms with Gasteiger partial charge in [0.25, 0.3) is 0 Å². The van der Waals surface area contributed by atoms with Gasteiger partial charge in [0.2, 0.25) is 0 Å². The first-order valence-corrected chi connectivity index (χ1v) is 8.39. The van der Waals surface area contributed by atoms with E-state index in [9.17, 15) is 0 Å². The molecule has 0 spiro atoms. The Morgan fingerprint density at radius 1 is 1.00 bits per heavy atom. The molecular formula is C21H32. The van der Waals surface area contributed by atoms with Crippen molar-refractivity contribution in [2.45, 2.75) is 72.1 Å². The molecule has 0 radical (unpaired) electrons. The van der Waals surface area contributed by atoms with Gasteiger partial charge in [-0.15, -0.1) is 0 Å². The molecule has 1 rings (SSSR count). The smallest absolute Gasteiger partial charge is 0.0132 e. The largest absolute Gasteiger partial charge is 0.0843 e. The highest BCUT2D eigenvalue weighted by Crippen LogP contribution is 2.22. The lowest BCUT2D eigenvalue weighted by Crippen LogP contribution is -2.10. The Hall–Kier alpha value is -1.30. The van der Waals surface area contributed by atoms with Crippen LogP contribution in [0.3, 0.4) is 0 Å². The Morgan fingerprint density at radius 2 is 1.67 bits per heavy atom. The number of hydrogen-bond acceptors (Lipinski definition) is 0. The topological polar surface area (TPSA) is 0 Å². The van der Waals surface area contributed by atoms with Crippen LogP contribution in [-0.2, 0) is 5.41 Å². The zero-order valence-electron chi connectivity index (χ0n) is 14.6. The maximum atomic E-state index is 2.31. The molecule has 0 amide bonds. The molecule has 21 heavy (non-hydrogen) atoms. The van der Waals surface area contributed by atoms with E-state index >= 15 is 0 Å². The minimum atomic E-state index is 0.232. The number of benzene rings is 1. The molecule has 0 N–H and O–H groups in total. The second-order valence-electron chi connectivity index (χ2n) is 7.01. The van der Waals surface area contributed by atoms with E-state index in [1.54, 1.807) is 0 Å². The van der Waals surface area contributed by atoms with E-state index in [-0.39, 0.29) is 5.41 Å². The summed E-state index contributed by atoms with van der Waals surface area (Å²) in [6.07, 6.45) is 13.4. The third kappa shape index (κ3) is 7.32. The van der Waals surface area contributed by atoms with E-state index in [1.807, 2.05) is 0 Å². The van der Waals surface area contributed by atoms with Crippen LogP contribution in [0.5, 0.6) is 0 Å². The highest BCUT2D eigenvalue weighted by molar-refractivity contribution is 5.55. The van der Waals surface area contributed by atoms with Crippen LogP contribution in [0.4, 0.5) is 0 Å². The summed E-state index contributed by atoms with van der Waals surface area (Å²) in [6, 6.07) is 8.93. The molecule has 1 aromatic rings. The van der Waals surface area contributed by atoms with Gasteiger partial charge < -0.3 is 0 Å². The molecule has 0 saturated heterocycles. The van der Waals surface area contributed by atoms with Crippen LogP contribution in [0.2, 0.25) is 0 Å². The number of unbranched alkanes of at least 4 members (excludes halogenated alkanes) is 4. The van der Waals surface area contributed by atoms with Gasteiger partial charge in [-0.1, -0.05) is 95.0 Å². The molecule has 0 heterocycles. The fourth-order valence-corrected chi connectivity index (χ4v) is 2.35. The second-order valence-corrected chi connectivity index (χ2v) is 7.01. The van der Waals surface area contributed by atoms with Crippen molar-refractivity contribution in [1.82, 2.24) is 0 Å². The van der Waals surface area contributed by atoms with Crippen LogP contribution in [0.15, 0.2) is 42.0 Å². The van der Waals surface area contributed by atoms with Gasteiger partial charge >= 0.3 is 0 Å². The molecule has 0 aromatic heterocycles. The molecule has 0 aliphatic carbocycles. The molecule has 0 aliphatic heterocycles. The van der Waals surface area contributed by atoms with Gasteiger partial charge in [-0.25, -0.2) is 0 Å². The lowest BCUT2D eigenvalue weighted by Gasteiger charge is -2.18. The van der Waals surface area contributed by atoms with Gasteiger partial charge in [-0.3, -0.25) is 0 Å². The zero-order valence-corrected chi connectivity index (χ0v) is 14.6. The van der Waals surface area contributed by atoms with Gasteiger partial charge in [-0.05, 0) is 36.3 Å². The highest BCUT2D eigenvalue weighted by Gasteiger charge is 2.12. The molecule has 116 valence electrons. The predicted molar refractivity (Wildman–Crippen MR) is 96.7 cm³/mol. The van der Waals surface area contributed by atoms with Crippen molar-refractivity contribution in [3.63, 3.8) is 0 Å². The van der Waals surface area contributed by atoms with Crippen molar-refractivity contribution >= 4 is 6.08 Å². The molecule has 1 aromatic carbocycles. The van der Waals surface area contributed by atoms with Gasteiger partial charge in [0.05, 0.1) is 0 Å². The minimum absolute atomic E-state index is 0.232. The van der Waals surface area contributed by atoms with Gasteiger partial charge in [-0.2, -0.15) is 0 Å². The predicted octanol–water partition coefficient (Wildman–Crippen LogP) is 6.91. The Labute approximate surface area is 132 Å². The van der Waals surface area contributed by atoms with Crippen molar-refractivity contribution in [1.29, 1.82) is 0 Å². The van der Waals surface area contributed by atoms with Gasteiger partial charge in [0.15, 0.2) is 0 Å². The quantitative estimate of drug-likeness (QED) is 0.377. The first-order chi connectivity index (χ1) is 9.93. The summed E-state index contributed by atoms with van der Waals surface area (Å²) in [7, 11) is 0. The fourth-order valence-electron chi connectivity index (χ4n) is 2.35. The lowest BCUT2D eigenvalue weighted by molar-refractivity contribution is 0.590. The molecule has 0 bridgehead atoms. The standard InChI is InChI=1S/C21H32/c1-6-7-8-9-10-11-12-18(2)17-19-13-15-20(16-14-19)21(3,4)5/h11-17H,6-10H2,1-5H3/b12-11+,18-17+. The van der Waals surface area contributed by atoms with Crippen LogP contribution >= 0.6 is 0 Å². The Kier molecular flexibility index (Phi) is 7.50. The summed E-state index contributed by atoms with van der Waals surface area (Å²) in [4.78, 5) is 0. The summed E-state index contributed by atoms with van der Waals surface area (Å²) >= 11 is 0. The maximum absolute atomic E-state index is 2.31. The highest BCUT2D eigenvalue weighted by atomic mass is 14.2. The van der Waals surface area contributed by atoms with Crippen LogP contribution < -0.4 is 0 Å². The average Bonchev–Trinajstić information content (AvgIpc) is 2.42. The van der Waals surface area contributed by atoms with Crippen LogP contribution in [-0.4, -0.2) is 0 Å². The molecular weight excluding hydrogens is 252 g/mol. The van der Waals surface area contributed by atoms with Gasteiger partial charge in [0, 0.05) is 0 Å².